The average Bonchev–Trinajstić information content (AvgIpc) is 3.25. The third-order valence-corrected chi connectivity index (χ3v) is 5.02. The second-order valence-corrected chi connectivity index (χ2v) is 6.52. The van der Waals surface area contributed by atoms with E-state index in [1.54, 1.807) is 12.1 Å². The molecule has 2 aliphatic rings. The van der Waals surface area contributed by atoms with Crippen LogP contribution in [-0.2, 0) is 6.42 Å². The molecule has 0 unspecified atom stereocenters. The zero-order valence-electron chi connectivity index (χ0n) is 14.0. The Balaban J connectivity index is 1.62. The minimum absolute atomic E-state index is 0.0617. The summed E-state index contributed by atoms with van der Waals surface area (Å²) in [5.41, 5.74) is 1.22. The van der Waals surface area contributed by atoms with Gasteiger partial charge in [0.1, 0.15) is 0 Å². The number of carbonyl (C=O) groups is 1. The molecule has 130 valence electrons. The van der Waals surface area contributed by atoms with Gasteiger partial charge in [0.2, 0.25) is 0 Å². The van der Waals surface area contributed by atoms with Crippen LogP contribution in [0.25, 0.3) is 0 Å². The molecule has 0 radical (unpaired) electrons. The Kier molecular flexibility index (Phi) is 4.99. The Morgan fingerprint density at radius 3 is 2.75 bits per heavy atom. The van der Waals surface area contributed by atoms with Crippen LogP contribution >= 0.6 is 0 Å². The molecule has 0 spiro atoms. The topological polar surface area (TPSA) is 78.7 Å². The van der Waals surface area contributed by atoms with Crippen molar-refractivity contribution in [3.63, 3.8) is 0 Å². The van der Waals surface area contributed by atoms with Crippen LogP contribution < -0.4 is 5.32 Å². The summed E-state index contributed by atoms with van der Waals surface area (Å²) in [6.45, 7) is 5.61. The van der Waals surface area contributed by atoms with E-state index in [1.165, 1.54) is 18.9 Å². The van der Waals surface area contributed by atoms with Gasteiger partial charge in [-0.1, -0.05) is 13.0 Å². The van der Waals surface area contributed by atoms with Gasteiger partial charge in [-0.3, -0.25) is 15.0 Å². The normalized spacial score (nSPS) is 21.2. The number of carbonyl (C=O) groups excluding carboxylic acids is 1. The van der Waals surface area contributed by atoms with Gasteiger partial charge in [-0.2, -0.15) is 0 Å². The number of likely N-dealkylation sites (tertiary alicyclic amines) is 2. The second kappa shape index (κ2) is 7.17. The highest BCUT2D eigenvalue weighted by molar-refractivity contribution is 5.90. The van der Waals surface area contributed by atoms with Crippen LogP contribution in [-0.4, -0.2) is 53.0 Å². The molecule has 2 aliphatic heterocycles. The second-order valence-electron chi connectivity index (χ2n) is 6.52. The van der Waals surface area contributed by atoms with Crippen molar-refractivity contribution in [3.8, 4) is 0 Å². The van der Waals surface area contributed by atoms with Crippen molar-refractivity contribution >= 4 is 17.4 Å². The summed E-state index contributed by atoms with van der Waals surface area (Å²) < 4.78 is 0. The number of rotatable bonds is 4. The SMILES string of the molecule is CCc1ccc(NC(=O)N2CC[C@@H](N3CCCC3)C2)cc1[N+](=O)[O-]. The van der Waals surface area contributed by atoms with E-state index >= 15 is 0 Å². The highest BCUT2D eigenvalue weighted by atomic mass is 16.6. The van der Waals surface area contributed by atoms with Crippen molar-refractivity contribution in [3.05, 3.63) is 33.9 Å². The highest BCUT2D eigenvalue weighted by Gasteiger charge is 2.31. The van der Waals surface area contributed by atoms with E-state index in [0.29, 0.717) is 23.7 Å². The fourth-order valence-electron chi connectivity index (χ4n) is 3.64. The first-order chi connectivity index (χ1) is 11.6. The number of nitrogens with zero attached hydrogens (tertiary/aromatic N) is 3. The van der Waals surface area contributed by atoms with Gasteiger partial charge >= 0.3 is 6.03 Å². The molecule has 0 aliphatic carbocycles. The van der Waals surface area contributed by atoms with Crippen LogP contribution in [0.2, 0.25) is 0 Å². The molecule has 0 bridgehead atoms. The Bertz CT molecular complexity index is 628. The van der Waals surface area contributed by atoms with Gasteiger partial charge < -0.3 is 10.2 Å². The maximum atomic E-state index is 12.4. The lowest BCUT2D eigenvalue weighted by atomic mass is 10.1. The third-order valence-electron chi connectivity index (χ3n) is 5.02. The van der Waals surface area contributed by atoms with Crippen LogP contribution in [0, 0.1) is 10.1 Å². The van der Waals surface area contributed by atoms with E-state index in [-0.39, 0.29) is 11.7 Å². The largest absolute Gasteiger partial charge is 0.323 e. The lowest BCUT2D eigenvalue weighted by Crippen LogP contribution is -2.38. The maximum Gasteiger partial charge on any atom is 0.321 e. The summed E-state index contributed by atoms with van der Waals surface area (Å²) in [5.74, 6) is 0. The maximum absolute atomic E-state index is 12.4. The van der Waals surface area contributed by atoms with E-state index in [4.69, 9.17) is 0 Å². The molecular formula is C17H24N4O3. The molecule has 3 rings (SSSR count). The van der Waals surface area contributed by atoms with Gasteiger partial charge in [-0.25, -0.2) is 4.79 Å². The Morgan fingerprint density at radius 2 is 2.08 bits per heavy atom. The summed E-state index contributed by atoms with van der Waals surface area (Å²) >= 11 is 0. The Morgan fingerprint density at radius 1 is 1.33 bits per heavy atom. The number of benzene rings is 1. The number of nitrogens with one attached hydrogen (secondary N) is 1. The molecule has 24 heavy (non-hydrogen) atoms. The molecule has 1 aromatic rings. The summed E-state index contributed by atoms with van der Waals surface area (Å²) in [6, 6.07) is 5.18. The van der Waals surface area contributed by atoms with E-state index in [0.717, 1.165) is 32.6 Å². The number of amides is 2. The number of nitro benzene ring substituents is 1. The van der Waals surface area contributed by atoms with Crippen molar-refractivity contribution in [2.45, 2.75) is 38.6 Å². The third kappa shape index (κ3) is 3.51. The number of aryl methyl sites for hydroxylation is 1. The summed E-state index contributed by atoms with van der Waals surface area (Å²) in [6.07, 6.45) is 4.09. The van der Waals surface area contributed by atoms with Crippen molar-refractivity contribution < 1.29 is 9.72 Å². The number of anilines is 1. The lowest BCUT2D eigenvalue weighted by molar-refractivity contribution is -0.385. The minimum Gasteiger partial charge on any atom is -0.323 e. The predicted molar refractivity (Wildman–Crippen MR) is 92.3 cm³/mol. The monoisotopic (exact) mass is 332 g/mol. The van der Waals surface area contributed by atoms with Crippen molar-refractivity contribution in [1.82, 2.24) is 9.80 Å². The zero-order valence-corrected chi connectivity index (χ0v) is 14.0. The molecule has 1 aromatic carbocycles. The summed E-state index contributed by atoms with van der Waals surface area (Å²) in [7, 11) is 0. The molecule has 7 nitrogen and oxygen atoms in total. The molecule has 0 saturated carbocycles. The van der Waals surface area contributed by atoms with E-state index in [2.05, 4.69) is 10.2 Å². The molecule has 0 aromatic heterocycles. The smallest absolute Gasteiger partial charge is 0.321 e. The number of urea groups is 1. The molecule has 1 N–H and O–H groups in total. The van der Waals surface area contributed by atoms with Crippen molar-refractivity contribution in [1.29, 1.82) is 0 Å². The standard InChI is InChI=1S/C17H24N4O3/c1-2-13-5-6-14(11-16(13)21(23)24)18-17(22)20-10-7-15(12-20)19-8-3-4-9-19/h5-6,11,15H,2-4,7-10,12H2,1H3,(H,18,22)/t15-/m1/s1. The summed E-state index contributed by atoms with van der Waals surface area (Å²) in [5, 5.41) is 13.9. The molecule has 1 atom stereocenters. The van der Waals surface area contributed by atoms with Gasteiger partial charge in [0.25, 0.3) is 5.69 Å². The molecule has 2 amide bonds. The first-order valence-corrected chi connectivity index (χ1v) is 8.65. The Labute approximate surface area is 141 Å². The lowest BCUT2D eigenvalue weighted by Gasteiger charge is -2.23. The molecular weight excluding hydrogens is 308 g/mol. The van der Waals surface area contributed by atoms with Crippen LogP contribution in [0.4, 0.5) is 16.2 Å². The van der Waals surface area contributed by atoms with Crippen molar-refractivity contribution in [2.75, 3.05) is 31.5 Å². The molecule has 2 heterocycles. The first kappa shape index (κ1) is 16.7. The zero-order chi connectivity index (χ0) is 17.1. The van der Waals surface area contributed by atoms with E-state index < -0.39 is 4.92 Å². The fourth-order valence-corrected chi connectivity index (χ4v) is 3.64. The molecule has 7 heteroatoms. The molecule has 2 saturated heterocycles. The fraction of sp³-hybridized carbons (Fsp3) is 0.588. The van der Waals surface area contributed by atoms with E-state index in [1.807, 2.05) is 11.8 Å². The predicted octanol–water partition coefficient (Wildman–Crippen LogP) is 2.86. The van der Waals surface area contributed by atoms with Crippen LogP contribution in [0.1, 0.15) is 31.7 Å². The average molecular weight is 332 g/mol. The van der Waals surface area contributed by atoms with Crippen LogP contribution in [0.3, 0.4) is 0 Å². The van der Waals surface area contributed by atoms with Gasteiger partial charge in [-0.15, -0.1) is 0 Å². The number of hydrogen-bond donors (Lipinski definition) is 1. The van der Waals surface area contributed by atoms with Crippen LogP contribution in [0.15, 0.2) is 18.2 Å². The quantitative estimate of drug-likeness (QED) is 0.679. The number of hydrogen-bond acceptors (Lipinski definition) is 4. The minimum atomic E-state index is -0.395. The Hall–Kier alpha value is -2.15. The summed E-state index contributed by atoms with van der Waals surface area (Å²) in [4.78, 5) is 27.5. The van der Waals surface area contributed by atoms with Gasteiger partial charge in [0.15, 0.2) is 0 Å². The first-order valence-electron chi connectivity index (χ1n) is 8.65. The van der Waals surface area contributed by atoms with Gasteiger partial charge in [0.05, 0.1) is 4.92 Å². The highest BCUT2D eigenvalue weighted by Crippen LogP contribution is 2.25. The van der Waals surface area contributed by atoms with Gasteiger partial charge in [-0.05, 0) is 44.8 Å². The van der Waals surface area contributed by atoms with E-state index in [9.17, 15) is 14.9 Å². The van der Waals surface area contributed by atoms with Crippen molar-refractivity contribution in [2.24, 2.45) is 0 Å². The number of nitro groups is 1. The van der Waals surface area contributed by atoms with Crippen LogP contribution in [0.5, 0.6) is 0 Å². The molecule has 2 fully saturated rings. The van der Waals surface area contributed by atoms with Gasteiger partial charge in [0, 0.05) is 36.4 Å².